The van der Waals surface area contributed by atoms with Crippen molar-refractivity contribution in [3.63, 3.8) is 0 Å². The maximum absolute atomic E-state index is 10.8. The summed E-state index contributed by atoms with van der Waals surface area (Å²) in [7, 11) is 0. The maximum Gasteiger partial charge on any atom is 0.0820 e. The molecule has 21 heavy (non-hydrogen) atoms. The van der Waals surface area contributed by atoms with Gasteiger partial charge in [-0.3, -0.25) is 0 Å². The molecule has 0 aliphatic heterocycles. The first-order chi connectivity index (χ1) is 10.0. The molecule has 0 radical (unpaired) electrons. The molecular weight excluding hydrogens is 280 g/mol. The van der Waals surface area contributed by atoms with E-state index in [1.54, 1.807) is 0 Å². The molecule has 0 aromatic heterocycles. The Morgan fingerprint density at radius 2 is 1.81 bits per heavy atom. The smallest absolute Gasteiger partial charge is 0.0820 e. The standard InChI is InChI=1S/C19H29ClO/c1-4-5-6-15-7-9-16(10-8-15)19(21)17-11-14(3)18(20)12-13(17)2/h11-12,15-16,19,21H,4-10H2,1-3H3. The van der Waals surface area contributed by atoms with Gasteiger partial charge in [-0.1, -0.05) is 56.7 Å². The van der Waals surface area contributed by atoms with E-state index in [2.05, 4.69) is 19.9 Å². The van der Waals surface area contributed by atoms with Crippen molar-refractivity contribution in [2.45, 2.75) is 71.8 Å². The van der Waals surface area contributed by atoms with Gasteiger partial charge in [-0.15, -0.1) is 0 Å². The number of rotatable bonds is 5. The Morgan fingerprint density at radius 3 is 2.43 bits per heavy atom. The van der Waals surface area contributed by atoms with Crippen LogP contribution in [0.1, 0.15) is 74.7 Å². The molecule has 1 aromatic rings. The number of aryl methyl sites for hydroxylation is 2. The zero-order valence-electron chi connectivity index (χ0n) is 13.7. The van der Waals surface area contributed by atoms with Gasteiger partial charge in [0.05, 0.1) is 6.10 Å². The Balaban J connectivity index is 1.99. The zero-order valence-corrected chi connectivity index (χ0v) is 14.4. The lowest BCUT2D eigenvalue weighted by Gasteiger charge is -2.32. The van der Waals surface area contributed by atoms with Crippen molar-refractivity contribution in [1.82, 2.24) is 0 Å². The monoisotopic (exact) mass is 308 g/mol. The fraction of sp³-hybridized carbons (Fsp3) is 0.684. The Morgan fingerprint density at radius 1 is 1.14 bits per heavy atom. The number of aliphatic hydroxyl groups excluding tert-OH is 1. The van der Waals surface area contributed by atoms with Gasteiger partial charge in [-0.05, 0) is 61.3 Å². The van der Waals surface area contributed by atoms with E-state index < -0.39 is 0 Å². The van der Waals surface area contributed by atoms with Gasteiger partial charge < -0.3 is 5.11 Å². The van der Waals surface area contributed by atoms with Crippen molar-refractivity contribution < 1.29 is 5.11 Å². The van der Waals surface area contributed by atoms with Crippen LogP contribution >= 0.6 is 11.6 Å². The SMILES string of the molecule is CCCCC1CCC(C(O)c2cc(C)c(Cl)cc2C)CC1. The summed E-state index contributed by atoms with van der Waals surface area (Å²) in [5, 5.41) is 11.6. The molecular formula is C19H29ClO. The van der Waals surface area contributed by atoms with Crippen molar-refractivity contribution in [3.05, 3.63) is 33.8 Å². The van der Waals surface area contributed by atoms with Gasteiger partial charge >= 0.3 is 0 Å². The van der Waals surface area contributed by atoms with Crippen molar-refractivity contribution >= 4 is 11.6 Å². The number of benzene rings is 1. The summed E-state index contributed by atoms with van der Waals surface area (Å²) in [6, 6.07) is 4.06. The van der Waals surface area contributed by atoms with E-state index in [4.69, 9.17) is 11.6 Å². The molecule has 1 N–H and O–H groups in total. The van der Waals surface area contributed by atoms with Crippen LogP contribution in [0, 0.1) is 25.7 Å². The first-order valence-electron chi connectivity index (χ1n) is 8.47. The van der Waals surface area contributed by atoms with Gasteiger partial charge in [-0.2, -0.15) is 0 Å². The number of aliphatic hydroxyl groups is 1. The van der Waals surface area contributed by atoms with Crippen molar-refractivity contribution in [2.24, 2.45) is 11.8 Å². The summed E-state index contributed by atoms with van der Waals surface area (Å²) in [4.78, 5) is 0. The van der Waals surface area contributed by atoms with E-state index in [9.17, 15) is 5.11 Å². The Labute approximate surface area is 134 Å². The Bertz CT molecular complexity index is 461. The summed E-state index contributed by atoms with van der Waals surface area (Å²) in [5.74, 6) is 1.31. The largest absolute Gasteiger partial charge is 0.388 e. The average Bonchev–Trinajstić information content (AvgIpc) is 2.48. The molecule has 1 atom stereocenters. The second-order valence-corrected chi connectivity index (χ2v) is 7.23. The van der Waals surface area contributed by atoms with Crippen LogP contribution in [-0.4, -0.2) is 5.11 Å². The minimum Gasteiger partial charge on any atom is -0.388 e. The number of halogens is 1. The number of hydrogen-bond donors (Lipinski definition) is 1. The molecule has 118 valence electrons. The van der Waals surface area contributed by atoms with Crippen LogP contribution in [0.3, 0.4) is 0 Å². The fourth-order valence-electron chi connectivity index (χ4n) is 3.66. The molecule has 1 nitrogen and oxygen atoms in total. The molecule has 1 fully saturated rings. The lowest BCUT2D eigenvalue weighted by atomic mass is 9.76. The lowest BCUT2D eigenvalue weighted by molar-refractivity contribution is 0.0715. The highest BCUT2D eigenvalue weighted by Crippen LogP contribution is 2.40. The van der Waals surface area contributed by atoms with Gasteiger partial charge in [-0.25, -0.2) is 0 Å². The molecule has 2 heteroatoms. The normalized spacial score (nSPS) is 24.0. The molecule has 1 aliphatic carbocycles. The fourth-order valence-corrected chi connectivity index (χ4v) is 3.88. The number of hydrogen-bond acceptors (Lipinski definition) is 1. The number of unbranched alkanes of at least 4 members (excludes halogenated alkanes) is 1. The van der Waals surface area contributed by atoms with Crippen LogP contribution in [0.4, 0.5) is 0 Å². The quantitative estimate of drug-likeness (QED) is 0.708. The molecule has 0 saturated heterocycles. The van der Waals surface area contributed by atoms with Crippen LogP contribution in [0.5, 0.6) is 0 Å². The third-order valence-electron chi connectivity index (χ3n) is 5.17. The van der Waals surface area contributed by atoms with E-state index in [1.807, 2.05) is 13.0 Å². The highest BCUT2D eigenvalue weighted by Gasteiger charge is 2.28. The van der Waals surface area contributed by atoms with E-state index in [-0.39, 0.29) is 6.10 Å². The van der Waals surface area contributed by atoms with Gasteiger partial charge in [0.15, 0.2) is 0 Å². The summed E-state index contributed by atoms with van der Waals surface area (Å²) in [6.45, 7) is 6.33. The summed E-state index contributed by atoms with van der Waals surface area (Å²) >= 11 is 6.16. The predicted octanol–water partition coefficient (Wildman–Crippen LogP) is 5.99. The van der Waals surface area contributed by atoms with Crippen LogP contribution in [0.15, 0.2) is 12.1 Å². The van der Waals surface area contributed by atoms with Gasteiger partial charge in [0.1, 0.15) is 0 Å². The van der Waals surface area contributed by atoms with Crippen molar-refractivity contribution in [3.8, 4) is 0 Å². The van der Waals surface area contributed by atoms with Crippen LogP contribution in [0.25, 0.3) is 0 Å². The van der Waals surface area contributed by atoms with Gasteiger partial charge in [0.25, 0.3) is 0 Å². The molecule has 1 aromatic carbocycles. The van der Waals surface area contributed by atoms with Crippen molar-refractivity contribution in [1.29, 1.82) is 0 Å². The van der Waals surface area contributed by atoms with Gasteiger partial charge in [0, 0.05) is 5.02 Å². The molecule has 0 spiro atoms. The molecule has 1 aliphatic rings. The van der Waals surface area contributed by atoms with E-state index in [1.165, 1.54) is 32.1 Å². The first-order valence-corrected chi connectivity index (χ1v) is 8.85. The molecule has 0 heterocycles. The molecule has 2 rings (SSSR count). The maximum atomic E-state index is 10.8. The first kappa shape index (κ1) is 16.8. The topological polar surface area (TPSA) is 20.2 Å². The Hall–Kier alpha value is -0.530. The molecule has 1 unspecified atom stereocenters. The van der Waals surface area contributed by atoms with Crippen LogP contribution in [-0.2, 0) is 0 Å². The van der Waals surface area contributed by atoms with Gasteiger partial charge in [0.2, 0.25) is 0 Å². The second kappa shape index (κ2) is 7.65. The Kier molecular flexibility index (Phi) is 6.13. The van der Waals surface area contributed by atoms with Crippen molar-refractivity contribution in [2.75, 3.05) is 0 Å². The third kappa shape index (κ3) is 4.23. The minimum atomic E-state index is -0.326. The minimum absolute atomic E-state index is 0.326. The second-order valence-electron chi connectivity index (χ2n) is 6.83. The highest BCUT2D eigenvalue weighted by molar-refractivity contribution is 6.31. The third-order valence-corrected chi connectivity index (χ3v) is 5.58. The molecule has 1 saturated carbocycles. The summed E-state index contributed by atoms with van der Waals surface area (Å²) in [5.41, 5.74) is 3.26. The van der Waals surface area contributed by atoms with E-state index in [0.29, 0.717) is 5.92 Å². The zero-order chi connectivity index (χ0) is 15.4. The highest BCUT2D eigenvalue weighted by atomic mass is 35.5. The van der Waals surface area contributed by atoms with Crippen LogP contribution in [0.2, 0.25) is 5.02 Å². The van der Waals surface area contributed by atoms with Crippen LogP contribution < -0.4 is 0 Å². The van der Waals surface area contributed by atoms with E-state index >= 15 is 0 Å². The summed E-state index contributed by atoms with van der Waals surface area (Å²) in [6.07, 6.45) is 8.60. The summed E-state index contributed by atoms with van der Waals surface area (Å²) < 4.78 is 0. The lowest BCUT2D eigenvalue weighted by Crippen LogP contribution is -2.21. The molecule has 0 amide bonds. The predicted molar refractivity (Wildman–Crippen MR) is 90.9 cm³/mol. The van der Waals surface area contributed by atoms with E-state index in [0.717, 1.165) is 40.5 Å². The molecule has 0 bridgehead atoms. The average molecular weight is 309 g/mol.